The minimum Gasteiger partial charge on any atom is -0.480 e. The average Bonchev–Trinajstić information content (AvgIpc) is 3.20. The SMILES string of the molecule is Cc1cnc(NC2CC(N(CC(=O)O)CC3CC3)C2)nc1C. The second-order valence-corrected chi connectivity index (χ2v) is 6.70. The lowest BCUT2D eigenvalue weighted by Gasteiger charge is -2.42. The van der Waals surface area contributed by atoms with Crippen molar-refractivity contribution in [1.29, 1.82) is 0 Å². The molecule has 2 N–H and O–H groups in total. The van der Waals surface area contributed by atoms with Crippen molar-refractivity contribution >= 4 is 11.9 Å². The van der Waals surface area contributed by atoms with Gasteiger partial charge in [0.15, 0.2) is 0 Å². The normalized spacial score (nSPS) is 24.1. The monoisotopic (exact) mass is 304 g/mol. The molecule has 0 radical (unpaired) electrons. The summed E-state index contributed by atoms with van der Waals surface area (Å²) in [6.45, 7) is 5.08. The van der Waals surface area contributed by atoms with E-state index >= 15 is 0 Å². The highest BCUT2D eigenvalue weighted by atomic mass is 16.4. The zero-order chi connectivity index (χ0) is 15.7. The van der Waals surface area contributed by atoms with Crippen molar-refractivity contribution in [2.24, 2.45) is 5.92 Å². The lowest BCUT2D eigenvalue weighted by Crippen LogP contribution is -2.52. The predicted octanol–water partition coefficient (Wildman–Crippen LogP) is 1.83. The van der Waals surface area contributed by atoms with Crippen molar-refractivity contribution in [3.05, 3.63) is 17.5 Å². The van der Waals surface area contributed by atoms with E-state index in [0.717, 1.165) is 36.6 Å². The predicted molar refractivity (Wildman–Crippen MR) is 83.9 cm³/mol. The van der Waals surface area contributed by atoms with E-state index in [9.17, 15) is 4.79 Å². The zero-order valence-electron chi connectivity index (χ0n) is 13.2. The molecule has 6 nitrogen and oxygen atoms in total. The first-order valence-electron chi connectivity index (χ1n) is 8.04. The number of carboxylic acid groups (broad SMARTS) is 1. The Morgan fingerprint density at radius 1 is 1.41 bits per heavy atom. The Kier molecular flexibility index (Phi) is 4.29. The maximum absolute atomic E-state index is 11.0. The number of anilines is 1. The molecule has 22 heavy (non-hydrogen) atoms. The van der Waals surface area contributed by atoms with Crippen LogP contribution in [0.2, 0.25) is 0 Å². The smallest absolute Gasteiger partial charge is 0.317 e. The number of nitrogens with zero attached hydrogens (tertiary/aromatic N) is 3. The first-order chi connectivity index (χ1) is 10.5. The summed E-state index contributed by atoms with van der Waals surface area (Å²) >= 11 is 0. The highest BCUT2D eigenvalue weighted by Gasteiger charge is 2.37. The number of aliphatic carboxylic acids is 1. The Balaban J connectivity index is 1.50. The van der Waals surface area contributed by atoms with Gasteiger partial charge in [-0.25, -0.2) is 9.97 Å². The van der Waals surface area contributed by atoms with Gasteiger partial charge >= 0.3 is 5.97 Å². The summed E-state index contributed by atoms with van der Waals surface area (Å²) in [6.07, 6.45) is 6.28. The Hall–Kier alpha value is -1.69. The summed E-state index contributed by atoms with van der Waals surface area (Å²) in [5, 5.41) is 12.4. The quantitative estimate of drug-likeness (QED) is 0.800. The molecule has 0 aliphatic heterocycles. The standard InChI is InChI=1S/C16H24N4O2/c1-10-7-17-16(18-11(10)2)19-13-5-14(6-13)20(9-15(21)22)8-12-3-4-12/h7,12-14H,3-6,8-9H2,1-2H3,(H,21,22)(H,17,18,19). The van der Waals surface area contributed by atoms with Gasteiger partial charge in [-0.05, 0) is 51.0 Å². The third-order valence-corrected chi connectivity index (χ3v) is 4.72. The molecule has 6 heteroatoms. The van der Waals surface area contributed by atoms with Gasteiger partial charge in [-0.1, -0.05) is 0 Å². The van der Waals surface area contributed by atoms with E-state index in [2.05, 4.69) is 20.2 Å². The average molecular weight is 304 g/mol. The van der Waals surface area contributed by atoms with Crippen molar-refractivity contribution in [2.45, 2.75) is 51.6 Å². The summed E-state index contributed by atoms with van der Waals surface area (Å²) in [4.78, 5) is 21.9. The van der Waals surface area contributed by atoms with Crippen LogP contribution < -0.4 is 5.32 Å². The van der Waals surface area contributed by atoms with Crippen LogP contribution in [-0.4, -0.2) is 51.1 Å². The second-order valence-electron chi connectivity index (χ2n) is 6.70. The molecule has 0 atom stereocenters. The van der Waals surface area contributed by atoms with Crippen molar-refractivity contribution in [1.82, 2.24) is 14.9 Å². The molecule has 0 aromatic carbocycles. The Labute approximate surface area is 131 Å². The van der Waals surface area contributed by atoms with Gasteiger partial charge in [-0.3, -0.25) is 9.69 Å². The molecule has 1 heterocycles. The zero-order valence-corrected chi connectivity index (χ0v) is 13.2. The van der Waals surface area contributed by atoms with Crippen LogP contribution in [-0.2, 0) is 4.79 Å². The van der Waals surface area contributed by atoms with Crippen molar-refractivity contribution in [3.8, 4) is 0 Å². The van der Waals surface area contributed by atoms with Crippen LogP contribution in [0.3, 0.4) is 0 Å². The van der Waals surface area contributed by atoms with Crippen LogP contribution in [0.25, 0.3) is 0 Å². The molecule has 0 amide bonds. The van der Waals surface area contributed by atoms with Crippen LogP contribution in [0.15, 0.2) is 6.20 Å². The summed E-state index contributed by atoms with van der Waals surface area (Å²) in [5.74, 6) is 0.669. The van der Waals surface area contributed by atoms with E-state index in [1.54, 1.807) is 0 Å². The molecule has 2 saturated carbocycles. The van der Waals surface area contributed by atoms with Crippen LogP contribution in [0.5, 0.6) is 0 Å². The second kappa shape index (κ2) is 6.20. The van der Waals surface area contributed by atoms with Crippen LogP contribution in [0.4, 0.5) is 5.95 Å². The number of aromatic nitrogens is 2. The number of nitrogens with one attached hydrogen (secondary N) is 1. The Morgan fingerprint density at radius 3 is 2.73 bits per heavy atom. The first kappa shape index (κ1) is 15.2. The van der Waals surface area contributed by atoms with Crippen molar-refractivity contribution < 1.29 is 9.90 Å². The van der Waals surface area contributed by atoms with Gasteiger partial charge in [0.1, 0.15) is 0 Å². The number of hydrogen-bond donors (Lipinski definition) is 2. The Morgan fingerprint density at radius 2 is 2.14 bits per heavy atom. The van der Waals surface area contributed by atoms with Gasteiger partial charge < -0.3 is 10.4 Å². The molecule has 1 aromatic rings. The lowest BCUT2D eigenvalue weighted by molar-refractivity contribution is -0.139. The molecule has 1 aromatic heterocycles. The molecule has 0 spiro atoms. The minimum atomic E-state index is -0.727. The van der Waals surface area contributed by atoms with Gasteiger partial charge in [0, 0.05) is 30.5 Å². The number of rotatable bonds is 7. The number of carbonyl (C=O) groups is 1. The summed E-state index contributed by atoms with van der Waals surface area (Å²) in [5.41, 5.74) is 2.09. The highest BCUT2D eigenvalue weighted by Crippen LogP contribution is 2.34. The molecule has 120 valence electrons. The number of aryl methyl sites for hydroxylation is 2. The van der Waals surface area contributed by atoms with Crippen molar-refractivity contribution in [2.75, 3.05) is 18.4 Å². The largest absolute Gasteiger partial charge is 0.480 e. The van der Waals surface area contributed by atoms with E-state index in [0.29, 0.717) is 18.0 Å². The highest BCUT2D eigenvalue weighted by molar-refractivity contribution is 5.69. The van der Waals surface area contributed by atoms with E-state index < -0.39 is 5.97 Å². The topological polar surface area (TPSA) is 78.4 Å². The van der Waals surface area contributed by atoms with Gasteiger partial charge in [0.25, 0.3) is 0 Å². The van der Waals surface area contributed by atoms with Crippen LogP contribution in [0, 0.1) is 19.8 Å². The van der Waals surface area contributed by atoms with Crippen LogP contribution >= 0.6 is 0 Å². The van der Waals surface area contributed by atoms with E-state index in [4.69, 9.17) is 5.11 Å². The van der Waals surface area contributed by atoms with Gasteiger partial charge in [-0.2, -0.15) is 0 Å². The molecular formula is C16H24N4O2. The summed E-state index contributed by atoms with van der Waals surface area (Å²) < 4.78 is 0. The fraction of sp³-hybridized carbons (Fsp3) is 0.688. The molecule has 3 rings (SSSR count). The van der Waals surface area contributed by atoms with Gasteiger partial charge in [-0.15, -0.1) is 0 Å². The Bertz CT molecular complexity index is 553. The number of carboxylic acids is 1. The van der Waals surface area contributed by atoms with E-state index in [1.807, 2.05) is 20.0 Å². The maximum Gasteiger partial charge on any atom is 0.317 e. The third kappa shape index (κ3) is 3.74. The van der Waals surface area contributed by atoms with E-state index in [-0.39, 0.29) is 6.54 Å². The lowest BCUT2D eigenvalue weighted by atomic mass is 9.85. The molecule has 2 fully saturated rings. The molecule has 2 aliphatic carbocycles. The molecule has 0 saturated heterocycles. The molecule has 2 aliphatic rings. The minimum absolute atomic E-state index is 0.161. The number of hydrogen-bond acceptors (Lipinski definition) is 5. The maximum atomic E-state index is 11.0. The fourth-order valence-electron chi connectivity index (χ4n) is 2.93. The fourth-order valence-corrected chi connectivity index (χ4v) is 2.93. The van der Waals surface area contributed by atoms with E-state index in [1.165, 1.54) is 12.8 Å². The molecule has 0 unspecified atom stereocenters. The molecule has 0 bridgehead atoms. The van der Waals surface area contributed by atoms with Crippen LogP contribution in [0.1, 0.15) is 36.9 Å². The third-order valence-electron chi connectivity index (χ3n) is 4.72. The first-order valence-corrected chi connectivity index (χ1v) is 8.04. The van der Waals surface area contributed by atoms with Gasteiger partial charge in [0.05, 0.1) is 6.54 Å². The summed E-state index contributed by atoms with van der Waals surface area (Å²) in [7, 11) is 0. The molecular weight excluding hydrogens is 280 g/mol. The van der Waals surface area contributed by atoms with Gasteiger partial charge in [0.2, 0.25) is 5.95 Å². The van der Waals surface area contributed by atoms with Crippen molar-refractivity contribution in [3.63, 3.8) is 0 Å². The summed E-state index contributed by atoms with van der Waals surface area (Å²) in [6, 6.07) is 0.725.